The molecule has 0 bridgehead atoms. The van der Waals surface area contributed by atoms with Gasteiger partial charge in [-0.15, -0.1) is 0 Å². The van der Waals surface area contributed by atoms with Gasteiger partial charge in [-0.3, -0.25) is 0 Å². The van der Waals surface area contributed by atoms with Crippen molar-refractivity contribution in [2.24, 2.45) is 0 Å². The smallest absolute Gasteiger partial charge is 0.307 e. The van der Waals surface area contributed by atoms with E-state index in [1.165, 1.54) is 22.3 Å². The third-order valence-corrected chi connectivity index (χ3v) is 6.24. The molecule has 7 heteroatoms. The number of benzene rings is 1. The SMILES string of the molecule is CC(C)NC(C)(C)/C=C/S(=O)(=O)NC(=O)Nc1c2c(cc3c1CCC3)CCC2. The van der Waals surface area contributed by atoms with E-state index in [-0.39, 0.29) is 6.04 Å². The Hall–Kier alpha value is -1.86. The summed E-state index contributed by atoms with van der Waals surface area (Å²) in [5, 5.41) is 7.17. The Balaban J connectivity index is 1.73. The highest BCUT2D eigenvalue weighted by Gasteiger charge is 2.26. The Morgan fingerprint density at radius 3 is 2.18 bits per heavy atom. The summed E-state index contributed by atoms with van der Waals surface area (Å²) in [5.41, 5.74) is 5.26. The topological polar surface area (TPSA) is 87.3 Å². The average Bonchev–Trinajstić information content (AvgIpc) is 3.20. The van der Waals surface area contributed by atoms with Gasteiger partial charge in [-0.25, -0.2) is 17.9 Å². The Kier molecular flexibility index (Phi) is 5.87. The van der Waals surface area contributed by atoms with Crippen molar-refractivity contribution >= 4 is 21.7 Å². The van der Waals surface area contributed by atoms with Crippen LogP contribution in [0.3, 0.4) is 0 Å². The van der Waals surface area contributed by atoms with Crippen LogP contribution in [0.4, 0.5) is 10.5 Å². The Morgan fingerprint density at radius 2 is 1.64 bits per heavy atom. The maximum Gasteiger partial charge on any atom is 0.333 e. The van der Waals surface area contributed by atoms with E-state index in [1.54, 1.807) is 6.08 Å². The first kappa shape index (κ1) is 20.9. The highest BCUT2D eigenvalue weighted by atomic mass is 32.2. The molecule has 28 heavy (non-hydrogen) atoms. The fourth-order valence-electron chi connectivity index (χ4n) is 4.32. The van der Waals surface area contributed by atoms with E-state index in [0.29, 0.717) is 0 Å². The van der Waals surface area contributed by atoms with E-state index in [0.717, 1.165) is 49.6 Å². The van der Waals surface area contributed by atoms with E-state index in [4.69, 9.17) is 0 Å². The summed E-state index contributed by atoms with van der Waals surface area (Å²) >= 11 is 0. The average molecular weight is 406 g/mol. The zero-order valence-corrected chi connectivity index (χ0v) is 18.0. The molecule has 6 nitrogen and oxygen atoms in total. The van der Waals surface area contributed by atoms with Gasteiger partial charge in [-0.05, 0) is 74.6 Å². The third-order valence-electron chi connectivity index (χ3n) is 5.27. The van der Waals surface area contributed by atoms with Crippen molar-refractivity contribution in [2.45, 2.75) is 77.8 Å². The van der Waals surface area contributed by atoms with Crippen molar-refractivity contribution in [3.8, 4) is 0 Å². The lowest BCUT2D eigenvalue weighted by Gasteiger charge is -2.25. The summed E-state index contributed by atoms with van der Waals surface area (Å²) in [5.74, 6) is 0. The van der Waals surface area contributed by atoms with Gasteiger partial charge in [0.25, 0.3) is 10.0 Å². The number of hydrogen-bond acceptors (Lipinski definition) is 4. The Labute approximate surface area is 168 Å². The maximum atomic E-state index is 12.5. The summed E-state index contributed by atoms with van der Waals surface area (Å²) in [4.78, 5) is 12.5. The van der Waals surface area contributed by atoms with Crippen molar-refractivity contribution in [1.82, 2.24) is 10.0 Å². The second-order valence-electron chi connectivity index (χ2n) is 8.66. The minimum atomic E-state index is -3.88. The molecule has 1 aromatic rings. The number of anilines is 1. The van der Waals surface area contributed by atoms with Gasteiger partial charge in [0, 0.05) is 22.7 Å². The van der Waals surface area contributed by atoms with Gasteiger partial charge < -0.3 is 10.6 Å². The van der Waals surface area contributed by atoms with E-state index in [1.807, 2.05) is 27.7 Å². The number of hydrogen-bond donors (Lipinski definition) is 3. The molecule has 1 aromatic carbocycles. The van der Waals surface area contributed by atoms with Crippen molar-refractivity contribution in [3.05, 3.63) is 39.8 Å². The second kappa shape index (κ2) is 7.87. The molecule has 0 aromatic heterocycles. The molecule has 0 radical (unpaired) electrons. The quantitative estimate of drug-likeness (QED) is 0.677. The van der Waals surface area contributed by atoms with Gasteiger partial charge in [0.05, 0.1) is 0 Å². The highest BCUT2D eigenvalue weighted by Crippen LogP contribution is 2.38. The first-order valence-electron chi connectivity index (χ1n) is 10.0. The molecule has 2 amide bonds. The third kappa shape index (κ3) is 4.94. The Morgan fingerprint density at radius 1 is 1.07 bits per heavy atom. The molecule has 0 saturated carbocycles. The molecule has 0 fully saturated rings. The summed E-state index contributed by atoms with van der Waals surface area (Å²) in [6.07, 6.45) is 7.62. The summed E-state index contributed by atoms with van der Waals surface area (Å²) in [6, 6.07) is 1.78. The standard InChI is InChI=1S/C21H31N3O3S/c1-14(2)23-21(3,4)11-12-28(26,27)24-20(25)22-19-17-9-5-7-15(17)13-16-8-6-10-18(16)19/h11-14,23H,5-10H2,1-4H3,(H2,22,24,25)/b12-11+. The van der Waals surface area contributed by atoms with E-state index in [9.17, 15) is 13.2 Å². The fourth-order valence-corrected chi connectivity index (χ4v) is 5.22. The first-order valence-corrected chi connectivity index (χ1v) is 11.6. The number of nitrogens with one attached hydrogen (secondary N) is 3. The number of sulfonamides is 1. The van der Waals surface area contributed by atoms with Crippen LogP contribution < -0.4 is 15.4 Å². The lowest BCUT2D eigenvalue weighted by atomic mass is 9.99. The number of fused-ring (bicyclic) bond motifs is 2. The minimum Gasteiger partial charge on any atom is -0.307 e. The monoisotopic (exact) mass is 405 g/mol. The first-order chi connectivity index (χ1) is 13.1. The zero-order chi connectivity index (χ0) is 20.5. The van der Waals surface area contributed by atoms with Crippen LogP contribution in [0.5, 0.6) is 0 Å². The second-order valence-corrected chi connectivity index (χ2v) is 10.2. The molecule has 0 atom stereocenters. The molecule has 2 aliphatic carbocycles. The molecule has 3 rings (SSSR count). The van der Waals surface area contributed by atoms with E-state index in [2.05, 4.69) is 21.4 Å². The number of rotatable bonds is 6. The predicted octanol–water partition coefficient (Wildman–Crippen LogP) is 3.41. The molecule has 2 aliphatic rings. The molecule has 154 valence electrons. The molecule has 0 spiro atoms. The van der Waals surface area contributed by atoms with Crippen LogP contribution in [0.15, 0.2) is 17.6 Å². The van der Waals surface area contributed by atoms with Crippen LogP contribution in [0, 0.1) is 0 Å². The van der Waals surface area contributed by atoms with Gasteiger partial charge in [0.2, 0.25) is 0 Å². The lowest BCUT2D eigenvalue weighted by Crippen LogP contribution is -2.42. The number of aryl methyl sites for hydroxylation is 2. The molecule has 0 saturated heterocycles. The summed E-state index contributed by atoms with van der Waals surface area (Å²) in [6.45, 7) is 7.75. The van der Waals surface area contributed by atoms with Crippen LogP contribution in [0.25, 0.3) is 0 Å². The van der Waals surface area contributed by atoms with Gasteiger partial charge in [0.1, 0.15) is 0 Å². The fraction of sp³-hybridized carbons (Fsp3) is 0.571. The predicted molar refractivity (Wildman–Crippen MR) is 113 cm³/mol. The zero-order valence-electron chi connectivity index (χ0n) is 17.2. The molecule has 0 aliphatic heterocycles. The summed E-state index contributed by atoms with van der Waals surface area (Å²) < 4.78 is 26.8. The molecular weight excluding hydrogens is 374 g/mol. The normalized spacial score (nSPS) is 16.5. The largest absolute Gasteiger partial charge is 0.333 e. The number of carbonyl (C=O) groups is 1. The molecule has 0 unspecified atom stereocenters. The van der Waals surface area contributed by atoms with Crippen LogP contribution >= 0.6 is 0 Å². The van der Waals surface area contributed by atoms with Crippen molar-refractivity contribution in [3.63, 3.8) is 0 Å². The van der Waals surface area contributed by atoms with E-state index >= 15 is 0 Å². The van der Waals surface area contributed by atoms with Crippen molar-refractivity contribution in [2.75, 3.05) is 5.32 Å². The maximum absolute atomic E-state index is 12.5. The van der Waals surface area contributed by atoms with Crippen LogP contribution in [-0.4, -0.2) is 26.0 Å². The van der Waals surface area contributed by atoms with Crippen LogP contribution in [0.1, 0.15) is 62.8 Å². The lowest BCUT2D eigenvalue weighted by molar-refractivity contribution is 0.256. The summed E-state index contributed by atoms with van der Waals surface area (Å²) in [7, 11) is -3.88. The number of amides is 2. The van der Waals surface area contributed by atoms with Crippen molar-refractivity contribution < 1.29 is 13.2 Å². The minimum absolute atomic E-state index is 0.209. The van der Waals surface area contributed by atoms with Gasteiger partial charge in [0.15, 0.2) is 0 Å². The molecule has 0 heterocycles. The Bertz CT molecular complexity index is 870. The van der Waals surface area contributed by atoms with Crippen molar-refractivity contribution in [1.29, 1.82) is 0 Å². The number of carbonyl (C=O) groups excluding carboxylic acids is 1. The van der Waals surface area contributed by atoms with Gasteiger partial charge in [-0.1, -0.05) is 26.0 Å². The molecule has 3 N–H and O–H groups in total. The van der Waals surface area contributed by atoms with Crippen LogP contribution in [-0.2, 0) is 35.7 Å². The van der Waals surface area contributed by atoms with E-state index < -0.39 is 21.6 Å². The van der Waals surface area contributed by atoms with Gasteiger partial charge in [-0.2, -0.15) is 0 Å². The van der Waals surface area contributed by atoms with Crippen LogP contribution in [0.2, 0.25) is 0 Å². The highest BCUT2D eigenvalue weighted by molar-refractivity contribution is 7.92. The van der Waals surface area contributed by atoms with Gasteiger partial charge >= 0.3 is 6.03 Å². The number of urea groups is 1. The molecular formula is C21H31N3O3S.